The smallest absolute Gasteiger partial charge is 0.251 e. The van der Waals surface area contributed by atoms with Gasteiger partial charge >= 0.3 is 0 Å². The van der Waals surface area contributed by atoms with Crippen LogP contribution in [0, 0.1) is 17.1 Å². The normalized spacial score (nSPS) is 10.4. The van der Waals surface area contributed by atoms with E-state index in [1.54, 1.807) is 30.3 Å². The first-order chi connectivity index (χ1) is 11.2. The molecule has 0 radical (unpaired) electrons. The van der Waals surface area contributed by atoms with E-state index in [0.29, 0.717) is 24.1 Å². The first kappa shape index (κ1) is 14.8. The van der Waals surface area contributed by atoms with Gasteiger partial charge in [0.25, 0.3) is 5.91 Å². The third-order valence-corrected chi connectivity index (χ3v) is 3.66. The zero-order chi connectivity index (χ0) is 16.2. The molecule has 5 heteroatoms. The van der Waals surface area contributed by atoms with Crippen molar-refractivity contribution in [2.24, 2.45) is 0 Å². The maximum Gasteiger partial charge on any atom is 0.251 e. The van der Waals surface area contributed by atoms with Crippen LogP contribution in [-0.2, 0) is 6.42 Å². The Kier molecular flexibility index (Phi) is 4.07. The van der Waals surface area contributed by atoms with Gasteiger partial charge in [-0.05, 0) is 48.4 Å². The summed E-state index contributed by atoms with van der Waals surface area (Å²) >= 11 is 0. The number of nitriles is 1. The van der Waals surface area contributed by atoms with E-state index < -0.39 is 0 Å². The van der Waals surface area contributed by atoms with Crippen molar-refractivity contribution < 1.29 is 9.18 Å². The largest absolute Gasteiger partial charge is 0.361 e. The fourth-order valence-electron chi connectivity index (χ4n) is 2.50. The van der Waals surface area contributed by atoms with E-state index in [-0.39, 0.29) is 11.7 Å². The van der Waals surface area contributed by atoms with Gasteiger partial charge in [-0.25, -0.2) is 4.39 Å². The maximum absolute atomic E-state index is 13.3. The number of amides is 1. The molecule has 0 aliphatic rings. The Labute approximate surface area is 132 Å². The predicted octanol–water partition coefficient (Wildman–Crippen LogP) is 3.15. The van der Waals surface area contributed by atoms with Gasteiger partial charge in [0, 0.05) is 29.2 Å². The van der Waals surface area contributed by atoms with Crippen LogP contribution in [0.25, 0.3) is 10.9 Å². The summed E-state index contributed by atoms with van der Waals surface area (Å²) in [5.74, 6) is -0.510. The number of hydrogen-bond acceptors (Lipinski definition) is 2. The fourth-order valence-corrected chi connectivity index (χ4v) is 2.50. The number of aromatic amines is 1. The van der Waals surface area contributed by atoms with Gasteiger partial charge in [0.1, 0.15) is 5.82 Å². The third kappa shape index (κ3) is 3.22. The van der Waals surface area contributed by atoms with E-state index in [1.165, 1.54) is 12.1 Å². The first-order valence-corrected chi connectivity index (χ1v) is 7.21. The van der Waals surface area contributed by atoms with Crippen LogP contribution in [-0.4, -0.2) is 17.4 Å². The number of halogens is 1. The molecule has 0 saturated carbocycles. The van der Waals surface area contributed by atoms with Gasteiger partial charge < -0.3 is 10.3 Å². The molecule has 0 saturated heterocycles. The molecule has 0 bridgehead atoms. The van der Waals surface area contributed by atoms with Crippen molar-refractivity contribution in [2.45, 2.75) is 6.42 Å². The lowest BCUT2D eigenvalue weighted by Crippen LogP contribution is -2.25. The SMILES string of the molecule is N#Cc1cccc(C(=O)NCCc2c[nH]c3ccc(F)cc23)c1. The van der Waals surface area contributed by atoms with Crippen molar-refractivity contribution in [1.82, 2.24) is 10.3 Å². The maximum atomic E-state index is 13.3. The van der Waals surface area contributed by atoms with Gasteiger partial charge in [-0.2, -0.15) is 5.26 Å². The summed E-state index contributed by atoms with van der Waals surface area (Å²) in [7, 11) is 0. The van der Waals surface area contributed by atoms with Gasteiger partial charge in [0.05, 0.1) is 11.6 Å². The van der Waals surface area contributed by atoms with Crippen LogP contribution in [0.2, 0.25) is 0 Å². The quantitative estimate of drug-likeness (QED) is 0.777. The number of H-pyrrole nitrogens is 1. The molecule has 1 heterocycles. The van der Waals surface area contributed by atoms with Crippen LogP contribution in [0.4, 0.5) is 4.39 Å². The predicted molar refractivity (Wildman–Crippen MR) is 85.5 cm³/mol. The zero-order valence-corrected chi connectivity index (χ0v) is 12.3. The Morgan fingerprint density at radius 3 is 2.96 bits per heavy atom. The average Bonchev–Trinajstić information content (AvgIpc) is 2.97. The van der Waals surface area contributed by atoms with Crippen LogP contribution in [0.15, 0.2) is 48.7 Å². The van der Waals surface area contributed by atoms with Crippen LogP contribution >= 0.6 is 0 Å². The standard InChI is InChI=1S/C18H14FN3O/c19-15-4-5-17-16(9-15)14(11-22-17)6-7-21-18(23)13-3-1-2-12(8-13)10-20/h1-5,8-9,11,22H,6-7H2,(H,21,23). The van der Waals surface area contributed by atoms with Gasteiger partial charge in [-0.1, -0.05) is 6.07 Å². The molecule has 1 amide bonds. The van der Waals surface area contributed by atoms with Crippen LogP contribution in [0.5, 0.6) is 0 Å². The second-order valence-electron chi connectivity index (χ2n) is 5.20. The Hall–Kier alpha value is -3.13. The van der Waals surface area contributed by atoms with Crippen molar-refractivity contribution in [3.63, 3.8) is 0 Å². The number of carbonyl (C=O) groups excluding carboxylic acids is 1. The molecule has 23 heavy (non-hydrogen) atoms. The molecule has 0 unspecified atom stereocenters. The molecule has 0 aliphatic heterocycles. The summed E-state index contributed by atoms with van der Waals surface area (Å²) in [5, 5.41) is 12.5. The number of carbonyl (C=O) groups is 1. The Morgan fingerprint density at radius 2 is 2.13 bits per heavy atom. The van der Waals surface area contributed by atoms with Crippen molar-refractivity contribution in [3.05, 3.63) is 71.2 Å². The monoisotopic (exact) mass is 307 g/mol. The molecule has 114 valence electrons. The number of benzene rings is 2. The molecule has 3 aromatic rings. The minimum Gasteiger partial charge on any atom is -0.361 e. The van der Waals surface area contributed by atoms with E-state index in [2.05, 4.69) is 10.3 Å². The number of hydrogen-bond donors (Lipinski definition) is 2. The molecule has 2 N–H and O–H groups in total. The first-order valence-electron chi connectivity index (χ1n) is 7.21. The van der Waals surface area contributed by atoms with E-state index in [0.717, 1.165) is 16.5 Å². The average molecular weight is 307 g/mol. The summed E-state index contributed by atoms with van der Waals surface area (Å²) < 4.78 is 13.3. The lowest BCUT2D eigenvalue weighted by molar-refractivity contribution is 0.0954. The van der Waals surface area contributed by atoms with Crippen LogP contribution in [0.1, 0.15) is 21.5 Å². The lowest BCUT2D eigenvalue weighted by Gasteiger charge is -2.05. The van der Waals surface area contributed by atoms with Gasteiger partial charge in [-0.3, -0.25) is 4.79 Å². The van der Waals surface area contributed by atoms with E-state index in [4.69, 9.17) is 5.26 Å². The van der Waals surface area contributed by atoms with Crippen LogP contribution < -0.4 is 5.32 Å². The third-order valence-electron chi connectivity index (χ3n) is 3.66. The molecule has 0 aliphatic carbocycles. The number of rotatable bonds is 4. The molecule has 2 aromatic carbocycles. The minimum absolute atomic E-state index is 0.229. The lowest BCUT2D eigenvalue weighted by atomic mass is 10.1. The number of fused-ring (bicyclic) bond motifs is 1. The highest BCUT2D eigenvalue weighted by molar-refractivity contribution is 5.94. The van der Waals surface area contributed by atoms with Gasteiger partial charge in [0.15, 0.2) is 0 Å². The topological polar surface area (TPSA) is 68.7 Å². The van der Waals surface area contributed by atoms with E-state index in [1.807, 2.05) is 12.3 Å². The molecule has 4 nitrogen and oxygen atoms in total. The van der Waals surface area contributed by atoms with Crippen molar-refractivity contribution in [2.75, 3.05) is 6.54 Å². The Balaban J connectivity index is 1.65. The van der Waals surface area contributed by atoms with Gasteiger partial charge in [0.2, 0.25) is 0 Å². The fraction of sp³-hybridized carbons (Fsp3) is 0.111. The zero-order valence-electron chi connectivity index (χ0n) is 12.3. The van der Waals surface area contributed by atoms with Gasteiger partial charge in [-0.15, -0.1) is 0 Å². The number of nitrogens with zero attached hydrogens (tertiary/aromatic N) is 1. The number of nitrogens with one attached hydrogen (secondary N) is 2. The van der Waals surface area contributed by atoms with Crippen molar-refractivity contribution >= 4 is 16.8 Å². The Morgan fingerprint density at radius 1 is 1.26 bits per heavy atom. The second kappa shape index (κ2) is 6.32. The van der Waals surface area contributed by atoms with Crippen LogP contribution in [0.3, 0.4) is 0 Å². The Bertz CT molecular complexity index is 908. The van der Waals surface area contributed by atoms with Crippen molar-refractivity contribution in [3.8, 4) is 6.07 Å². The second-order valence-corrected chi connectivity index (χ2v) is 5.20. The molecular weight excluding hydrogens is 293 g/mol. The highest BCUT2D eigenvalue weighted by Crippen LogP contribution is 2.19. The molecule has 3 rings (SSSR count). The summed E-state index contributed by atoms with van der Waals surface area (Å²) in [5.41, 5.74) is 2.72. The highest BCUT2D eigenvalue weighted by Gasteiger charge is 2.08. The highest BCUT2D eigenvalue weighted by atomic mass is 19.1. The molecule has 1 aromatic heterocycles. The summed E-state index contributed by atoms with van der Waals surface area (Å²) in [6.45, 7) is 0.430. The van der Waals surface area contributed by atoms with E-state index in [9.17, 15) is 9.18 Å². The van der Waals surface area contributed by atoms with E-state index >= 15 is 0 Å². The minimum atomic E-state index is -0.282. The molecule has 0 fully saturated rings. The molecular formula is C18H14FN3O. The summed E-state index contributed by atoms with van der Waals surface area (Å²) in [4.78, 5) is 15.2. The molecule has 0 atom stereocenters. The summed E-state index contributed by atoms with van der Waals surface area (Å²) in [6.07, 6.45) is 2.42. The molecule has 0 spiro atoms. The summed E-state index contributed by atoms with van der Waals surface area (Å²) in [6, 6.07) is 13.1. The van der Waals surface area contributed by atoms with Crippen molar-refractivity contribution in [1.29, 1.82) is 5.26 Å². The number of aromatic nitrogens is 1.